The molecule has 27 heavy (non-hydrogen) atoms. The van der Waals surface area contributed by atoms with Gasteiger partial charge >= 0.3 is 0 Å². The van der Waals surface area contributed by atoms with Gasteiger partial charge in [0.2, 0.25) is 0 Å². The third-order valence-electron chi connectivity index (χ3n) is 4.68. The smallest absolute Gasteiger partial charge is 0.254 e. The van der Waals surface area contributed by atoms with Crippen LogP contribution >= 0.6 is 0 Å². The number of pyridine rings is 1. The zero-order valence-electron chi connectivity index (χ0n) is 15.0. The van der Waals surface area contributed by atoms with E-state index in [9.17, 15) is 4.79 Å². The van der Waals surface area contributed by atoms with Crippen molar-refractivity contribution in [2.75, 3.05) is 38.2 Å². The quantitative estimate of drug-likeness (QED) is 0.700. The number of amides is 1. The average molecular weight is 364 g/mol. The van der Waals surface area contributed by atoms with Crippen molar-refractivity contribution in [1.82, 2.24) is 24.6 Å². The van der Waals surface area contributed by atoms with E-state index in [1.165, 1.54) is 0 Å². The Kier molecular flexibility index (Phi) is 4.69. The van der Waals surface area contributed by atoms with Crippen molar-refractivity contribution >= 4 is 11.6 Å². The van der Waals surface area contributed by atoms with E-state index < -0.39 is 0 Å². The number of carbonyl (C=O) groups excluding carboxylic acids is 1. The van der Waals surface area contributed by atoms with Gasteiger partial charge in [-0.15, -0.1) is 10.2 Å². The zero-order chi connectivity index (χ0) is 18.6. The Labute approximate surface area is 157 Å². The second kappa shape index (κ2) is 7.45. The fourth-order valence-electron chi connectivity index (χ4n) is 3.15. The SMILES string of the molecule is COc1ccc(N2CCN(C(=O)c3ccnc(-n4cnnc4)c3)CC2)cc1. The molecule has 0 bridgehead atoms. The monoisotopic (exact) mass is 364 g/mol. The summed E-state index contributed by atoms with van der Waals surface area (Å²) in [5.41, 5.74) is 1.76. The van der Waals surface area contributed by atoms with E-state index in [0.29, 0.717) is 24.5 Å². The summed E-state index contributed by atoms with van der Waals surface area (Å²) in [6.07, 6.45) is 4.75. The van der Waals surface area contributed by atoms with Crippen molar-refractivity contribution in [1.29, 1.82) is 0 Å². The predicted molar refractivity (Wildman–Crippen MR) is 100 cm³/mol. The first kappa shape index (κ1) is 17.0. The highest BCUT2D eigenvalue weighted by molar-refractivity contribution is 5.94. The number of hydrogen-bond acceptors (Lipinski definition) is 6. The molecule has 1 saturated heterocycles. The highest BCUT2D eigenvalue weighted by Gasteiger charge is 2.22. The lowest BCUT2D eigenvalue weighted by Gasteiger charge is -2.36. The maximum absolute atomic E-state index is 12.9. The molecule has 1 aliphatic rings. The van der Waals surface area contributed by atoms with Crippen LogP contribution in [-0.2, 0) is 0 Å². The summed E-state index contributed by atoms with van der Waals surface area (Å²) >= 11 is 0. The predicted octanol–water partition coefficient (Wildman–Crippen LogP) is 1.63. The van der Waals surface area contributed by atoms with Gasteiger partial charge in [-0.05, 0) is 36.4 Å². The minimum Gasteiger partial charge on any atom is -0.497 e. The normalized spacial score (nSPS) is 14.3. The minimum atomic E-state index is 0.0149. The van der Waals surface area contributed by atoms with Crippen LogP contribution in [0.2, 0.25) is 0 Å². The first-order chi connectivity index (χ1) is 13.2. The minimum absolute atomic E-state index is 0.0149. The molecule has 138 valence electrons. The summed E-state index contributed by atoms with van der Waals surface area (Å²) in [7, 11) is 1.66. The first-order valence-electron chi connectivity index (χ1n) is 8.74. The van der Waals surface area contributed by atoms with E-state index in [4.69, 9.17) is 4.74 Å². The van der Waals surface area contributed by atoms with Gasteiger partial charge in [0.15, 0.2) is 0 Å². The molecule has 3 heterocycles. The third kappa shape index (κ3) is 3.59. The first-order valence-corrected chi connectivity index (χ1v) is 8.74. The summed E-state index contributed by atoms with van der Waals surface area (Å²) in [4.78, 5) is 21.3. The van der Waals surface area contributed by atoms with Gasteiger partial charge in [-0.3, -0.25) is 9.36 Å². The molecular formula is C19H20N6O2. The number of anilines is 1. The lowest BCUT2D eigenvalue weighted by atomic mass is 10.2. The van der Waals surface area contributed by atoms with E-state index in [-0.39, 0.29) is 5.91 Å². The van der Waals surface area contributed by atoms with Gasteiger partial charge in [0.1, 0.15) is 24.2 Å². The maximum Gasteiger partial charge on any atom is 0.254 e. The van der Waals surface area contributed by atoms with E-state index in [1.54, 1.807) is 42.7 Å². The second-order valence-corrected chi connectivity index (χ2v) is 6.25. The Morgan fingerprint density at radius 3 is 2.37 bits per heavy atom. The number of ether oxygens (including phenoxy) is 1. The van der Waals surface area contributed by atoms with Crippen molar-refractivity contribution in [3.63, 3.8) is 0 Å². The maximum atomic E-state index is 12.9. The molecule has 1 amide bonds. The summed E-state index contributed by atoms with van der Waals surface area (Å²) in [5, 5.41) is 7.55. The van der Waals surface area contributed by atoms with Gasteiger partial charge in [0, 0.05) is 43.6 Å². The summed E-state index contributed by atoms with van der Waals surface area (Å²) < 4.78 is 6.88. The largest absolute Gasteiger partial charge is 0.497 e. The summed E-state index contributed by atoms with van der Waals surface area (Å²) in [5.74, 6) is 1.48. The van der Waals surface area contributed by atoms with Crippen molar-refractivity contribution in [3.05, 3.63) is 60.8 Å². The molecule has 8 heteroatoms. The molecular weight excluding hydrogens is 344 g/mol. The highest BCUT2D eigenvalue weighted by Crippen LogP contribution is 2.21. The molecule has 0 N–H and O–H groups in total. The molecule has 0 saturated carbocycles. The summed E-state index contributed by atoms with van der Waals surface area (Å²) in [6.45, 7) is 2.94. The fraction of sp³-hybridized carbons (Fsp3) is 0.263. The Bertz CT molecular complexity index is 902. The number of aromatic nitrogens is 4. The molecule has 1 fully saturated rings. The van der Waals surface area contributed by atoms with Crippen LogP contribution in [0.4, 0.5) is 5.69 Å². The Morgan fingerprint density at radius 1 is 1.00 bits per heavy atom. The molecule has 1 aromatic carbocycles. The second-order valence-electron chi connectivity index (χ2n) is 6.25. The van der Waals surface area contributed by atoms with Gasteiger partial charge in [0.05, 0.1) is 7.11 Å². The van der Waals surface area contributed by atoms with E-state index in [0.717, 1.165) is 24.5 Å². The molecule has 2 aromatic heterocycles. The van der Waals surface area contributed by atoms with Gasteiger partial charge in [0.25, 0.3) is 5.91 Å². The lowest BCUT2D eigenvalue weighted by Crippen LogP contribution is -2.48. The molecule has 0 spiro atoms. The van der Waals surface area contributed by atoms with Crippen LogP contribution in [0.5, 0.6) is 5.75 Å². The number of hydrogen-bond donors (Lipinski definition) is 0. The number of carbonyl (C=O) groups is 1. The average Bonchev–Trinajstić information content (AvgIpc) is 3.29. The molecule has 1 aliphatic heterocycles. The molecule has 0 atom stereocenters. The molecule has 0 aliphatic carbocycles. The topological polar surface area (TPSA) is 76.4 Å². The molecule has 4 rings (SSSR count). The lowest BCUT2D eigenvalue weighted by molar-refractivity contribution is 0.0746. The van der Waals surface area contributed by atoms with E-state index >= 15 is 0 Å². The van der Waals surface area contributed by atoms with Crippen molar-refractivity contribution in [2.24, 2.45) is 0 Å². The van der Waals surface area contributed by atoms with Crippen LogP contribution in [-0.4, -0.2) is 63.8 Å². The Morgan fingerprint density at radius 2 is 1.70 bits per heavy atom. The molecule has 0 radical (unpaired) electrons. The zero-order valence-corrected chi connectivity index (χ0v) is 15.0. The van der Waals surface area contributed by atoms with Gasteiger partial charge < -0.3 is 14.5 Å². The van der Waals surface area contributed by atoms with Crippen molar-refractivity contribution in [3.8, 4) is 11.6 Å². The van der Waals surface area contributed by atoms with Gasteiger partial charge in [-0.25, -0.2) is 4.98 Å². The number of methoxy groups -OCH3 is 1. The van der Waals surface area contributed by atoms with E-state index in [1.807, 2.05) is 29.2 Å². The number of rotatable bonds is 4. The number of piperazine rings is 1. The van der Waals surface area contributed by atoms with Crippen LogP contribution in [0.15, 0.2) is 55.2 Å². The molecule has 0 unspecified atom stereocenters. The fourth-order valence-corrected chi connectivity index (χ4v) is 3.15. The van der Waals surface area contributed by atoms with Crippen LogP contribution in [0.1, 0.15) is 10.4 Å². The number of benzene rings is 1. The Hall–Kier alpha value is -3.42. The number of nitrogens with zero attached hydrogens (tertiary/aromatic N) is 6. The van der Waals surface area contributed by atoms with E-state index in [2.05, 4.69) is 20.1 Å². The van der Waals surface area contributed by atoms with Gasteiger partial charge in [-0.1, -0.05) is 0 Å². The van der Waals surface area contributed by atoms with Gasteiger partial charge in [-0.2, -0.15) is 0 Å². The molecule has 8 nitrogen and oxygen atoms in total. The third-order valence-corrected chi connectivity index (χ3v) is 4.68. The Balaban J connectivity index is 1.42. The highest BCUT2D eigenvalue weighted by atomic mass is 16.5. The standard InChI is InChI=1S/C19H20N6O2/c1-27-17-4-2-16(3-5-17)23-8-10-24(11-9-23)19(26)15-6-7-20-18(12-15)25-13-21-22-14-25/h2-7,12-14H,8-11H2,1H3. The summed E-state index contributed by atoms with van der Waals surface area (Å²) in [6, 6.07) is 11.5. The van der Waals surface area contributed by atoms with Crippen LogP contribution in [0.25, 0.3) is 5.82 Å². The van der Waals surface area contributed by atoms with Crippen LogP contribution in [0, 0.1) is 0 Å². The van der Waals surface area contributed by atoms with Crippen LogP contribution < -0.4 is 9.64 Å². The van der Waals surface area contributed by atoms with Crippen LogP contribution in [0.3, 0.4) is 0 Å². The molecule has 3 aromatic rings. The van der Waals surface area contributed by atoms with Crippen molar-refractivity contribution < 1.29 is 9.53 Å². The van der Waals surface area contributed by atoms with Crippen molar-refractivity contribution in [2.45, 2.75) is 0 Å².